The molecule has 3 rings (SSSR count). The lowest BCUT2D eigenvalue weighted by atomic mass is 10.0. The number of nitrogens with one attached hydrogen (secondary N) is 2. The fourth-order valence-electron chi connectivity index (χ4n) is 3.66. The minimum absolute atomic E-state index is 0.0114. The van der Waals surface area contributed by atoms with Gasteiger partial charge in [0, 0.05) is 19.2 Å². The molecule has 0 saturated heterocycles. The van der Waals surface area contributed by atoms with Crippen molar-refractivity contribution in [1.82, 2.24) is 14.9 Å². The predicted octanol–water partition coefficient (Wildman–Crippen LogP) is 3.16. The first-order valence-electron chi connectivity index (χ1n) is 9.15. The zero-order valence-electron chi connectivity index (χ0n) is 15.2. The molecule has 1 aromatic heterocycles. The number of carbonyl (C=O) groups excluding carboxylic acids is 1. The molecule has 1 aliphatic carbocycles. The lowest BCUT2D eigenvalue weighted by molar-refractivity contribution is 0.0568. The second-order valence-electron chi connectivity index (χ2n) is 6.73. The minimum Gasteiger partial charge on any atom is -0.379 e. The summed E-state index contributed by atoms with van der Waals surface area (Å²) in [4.78, 5) is 28.2. The Morgan fingerprint density at radius 2 is 2.12 bits per heavy atom. The molecule has 6 nitrogen and oxygen atoms in total. The summed E-state index contributed by atoms with van der Waals surface area (Å²) >= 11 is 5.24. The summed E-state index contributed by atoms with van der Waals surface area (Å²) in [6.07, 6.45) is 5.31. The van der Waals surface area contributed by atoms with E-state index in [1.165, 1.54) is 11.0 Å². The summed E-state index contributed by atoms with van der Waals surface area (Å²) in [6, 6.07) is 5.08. The first kappa shape index (κ1) is 18.8. The van der Waals surface area contributed by atoms with Crippen LogP contribution in [0.1, 0.15) is 49.4 Å². The number of H-pyrrole nitrogens is 1. The van der Waals surface area contributed by atoms with Crippen LogP contribution in [0.25, 0.3) is 10.9 Å². The SMILES string of the molecule is CCn1c(=S)[nH]c2cc(C(=O)NC3CCCCCC3OC)ccc2c1=O. The molecular formula is C19H25N3O3S. The van der Waals surface area contributed by atoms with Crippen LogP contribution in [-0.4, -0.2) is 34.7 Å². The summed E-state index contributed by atoms with van der Waals surface area (Å²) in [7, 11) is 1.70. The Bertz CT molecular complexity index is 918. The molecule has 0 aliphatic heterocycles. The number of nitrogens with zero attached hydrogens (tertiary/aromatic N) is 1. The molecule has 26 heavy (non-hydrogen) atoms. The molecule has 2 aromatic rings. The van der Waals surface area contributed by atoms with Crippen molar-refractivity contribution in [3.05, 3.63) is 38.9 Å². The van der Waals surface area contributed by atoms with E-state index in [1.54, 1.807) is 25.3 Å². The number of hydrogen-bond donors (Lipinski definition) is 2. The fraction of sp³-hybridized carbons (Fsp3) is 0.526. The Kier molecular flexibility index (Phi) is 5.88. The van der Waals surface area contributed by atoms with Crippen LogP contribution in [0.3, 0.4) is 0 Å². The van der Waals surface area contributed by atoms with Crippen LogP contribution < -0.4 is 10.9 Å². The van der Waals surface area contributed by atoms with Gasteiger partial charge < -0.3 is 15.0 Å². The third-order valence-corrected chi connectivity index (χ3v) is 5.45. The quantitative estimate of drug-likeness (QED) is 0.636. The number of ether oxygens (including phenoxy) is 1. The smallest absolute Gasteiger partial charge is 0.262 e. The average molecular weight is 375 g/mol. The number of aromatic amines is 1. The van der Waals surface area contributed by atoms with Crippen molar-refractivity contribution >= 4 is 29.0 Å². The topological polar surface area (TPSA) is 76.1 Å². The van der Waals surface area contributed by atoms with Crippen LogP contribution in [0, 0.1) is 4.77 Å². The Balaban J connectivity index is 1.89. The zero-order valence-corrected chi connectivity index (χ0v) is 16.0. The number of methoxy groups -OCH3 is 1. The number of aromatic nitrogens is 2. The molecule has 2 unspecified atom stereocenters. The molecule has 1 saturated carbocycles. The molecule has 0 radical (unpaired) electrons. The lowest BCUT2D eigenvalue weighted by Crippen LogP contribution is -2.43. The maximum atomic E-state index is 12.7. The van der Waals surface area contributed by atoms with E-state index in [0.717, 1.165) is 25.7 Å². The standard InChI is InChI=1S/C19H25N3O3S/c1-3-22-18(24)13-10-9-12(11-15(13)21-19(22)26)17(23)20-14-7-5-4-6-8-16(14)25-2/h9-11,14,16H,3-8H2,1-2H3,(H,20,23)(H,21,26). The van der Waals surface area contributed by atoms with Gasteiger partial charge in [0.1, 0.15) is 0 Å². The van der Waals surface area contributed by atoms with Gasteiger partial charge in [0.05, 0.1) is 23.0 Å². The van der Waals surface area contributed by atoms with Crippen LogP contribution in [0.2, 0.25) is 0 Å². The van der Waals surface area contributed by atoms with E-state index in [4.69, 9.17) is 17.0 Å². The van der Waals surface area contributed by atoms with Crippen molar-refractivity contribution in [3.8, 4) is 0 Å². The average Bonchev–Trinajstić information content (AvgIpc) is 2.86. The lowest BCUT2D eigenvalue weighted by Gasteiger charge is -2.25. The molecule has 1 heterocycles. The molecule has 1 amide bonds. The zero-order chi connectivity index (χ0) is 18.7. The van der Waals surface area contributed by atoms with Crippen molar-refractivity contribution < 1.29 is 9.53 Å². The van der Waals surface area contributed by atoms with Gasteiger partial charge in [0.25, 0.3) is 11.5 Å². The van der Waals surface area contributed by atoms with Crippen molar-refractivity contribution in [2.24, 2.45) is 0 Å². The maximum Gasteiger partial charge on any atom is 0.262 e. The Labute approximate surface area is 157 Å². The molecule has 0 bridgehead atoms. The van der Waals surface area contributed by atoms with Crippen molar-refractivity contribution in [2.45, 2.75) is 57.7 Å². The molecule has 2 atom stereocenters. The Morgan fingerprint density at radius 1 is 1.35 bits per heavy atom. The highest BCUT2D eigenvalue weighted by atomic mass is 32.1. The minimum atomic E-state index is -0.153. The number of benzene rings is 1. The molecule has 1 fully saturated rings. The van der Waals surface area contributed by atoms with Gasteiger partial charge >= 0.3 is 0 Å². The number of amides is 1. The summed E-state index contributed by atoms with van der Waals surface area (Å²) in [5, 5.41) is 3.63. The van der Waals surface area contributed by atoms with Crippen LogP contribution >= 0.6 is 12.2 Å². The Hall–Kier alpha value is -1.99. The van der Waals surface area contributed by atoms with E-state index >= 15 is 0 Å². The largest absolute Gasteiger partial charge is 0.379 e. The van der Waals surface area contributed by atoms with Gasteiger partial charge in [-0.1, -0.05) is 19.3 Å². The van der Waals surface area contributed by atoms with E-state index in [2.05, 4.69) is 10.3 Å². The van der Waals surface area contributed by atoms with Crippen molar-refractivity contribution in [1.29, 1.82) is 0 Å². The molecule has 2 N–H and O–H groups in total. The van der Waals surface area contributed by atoms with Crippen molar-refractivity contribution in [2.75, 3.05) is 7.11 Å². The summed E-state index contributed by atoms with van der Waals surface area (Å²) < 4.78 is 7.44. The number of hydrogen-bond acceptors (Lipinski definition) is 4. The Morgan fingerprint density at radius 3 is 2.85 bits per heavy atom. The number of rotatable bonds is 4. The van der Waals surface area contributed by atoms with E-state index in [-0.39, 0.29) is 23.6 Å². The predicted molar refractivity (Wildman–Crippen MR) is 104 cm³/mol. The second-order valence-corrected chi connectivity index (χ2v) is 7.12. The van der Waals surface area contributed by atoms with Gasteiger partial charge in [-0.05, 0) is 50.2 Å². The van der Waals surface area contributed by atoms with Crippen molar-refractivity contribution in [3.63, 3.8) is 0 Å². The van der Waals surface area contributed by atoms with Crippen LogP contribution in [-0.2, 0) is 11.3 Å². The second kappa shape index (κ2) is 8.14. The molecule has 7 heteroatoms. The molecule has 140 valence electrons. The number of fused-ring (bicyclic) bond motifs is 1. The molecule has 0 spiro atoms. The molecular weight excluding hydrogens is 350 g/mol. The third-order valence-electron chi connectivity index (χ3n) is 5.13. The maximum absolute atomic E-state index is 12.7. The monoisotopic (exact) mass is 375 g/mol. The van der Waals surface area contributed by atoms with E-state index in [0.29, 0.717) is 27.8 Å². The summed E-state index contributed by atoms with van der Waals surface area (Å²) in [5.41, 5.74) is 0.957. The van der Waals surface area contributed by atoms with E-state index in [1.807, 2.05) is 6.92 Å². The summed E-state index contributed by atoms with van der Waals surface area (Å²) in [6.45, 7) is 2.38. The van der Waals surface area contributed by atoms with Gasteiger partial charge in [-0.3, -0.25) is 14.2 Å². The van der Waals surface area contributed by atoms with E-state index < -0.39 is 0 Å². The van der Waals surface area contributed by atoms with Gasteiger partial charge in [-0.2, -0.15) is 0 Å². The van der Waals surface area contributed by atoms with Crippen LogP contribution in [0.5, 0.6) is 0 Å². The van der Waals surface area contributed by atoms with E-state index in [9.17, 15) is 9.59 Å². The summed E-state index contributed by atoms with van der Waals surface area (Å²) in [5.74, 6) is -0.153. The van der Waals surface area contributed by atoms with Crippen LogP contribution in [0.4, 0.5) is 0 Å². The molecule has 1 aromatic carbocycles. The van der Waals surface area contributed by atoms with Gasteiger partial charge in [0.15, 0.2) is 4.77 Å². The highest BCUT2D eigenvalue weighted by Gasteiger charge is 2.25. The highest BCUT2D eigenvalue weighted by Crippen LogP contribution is 2.21. The third kappa shape index (κ3) is 3.73. The van der Waals surface area contributed by atoms with Gasteiger partial charge in [-0.15, -0.1) is 0 Å². The van der Waals surface area contributed by atoms with Gasteiger partial charge in [-0.25, -0.2) is 0 Å². The number of carbonyl (C=O) groups is 1. The first-order chi connectivity index (χ1) is 12.5. The first-order valence-corrected chi connectivity index (χ1v) is 9.56. The van der Waals surface area contributed by atoms with Crippen LogP contribution in [0.15, 0.2) is 23.0 Å². The van der Waals surface area contributed by atoms with Gasteiger partial charge in [0.2, 0.25) is 0 Å². The normalized spacial score (nSPS) is 20.7. The fourth-order valence-corrected chi connectivity index (χ4v) is 3.98. The highest BCUT2D eigenvalue weighted by molar-refractivity contribution is 7.71. The molecule has 1 aliphatic rings.